The molecule has 0 spiro atoms. The first-order valence-corrected chi connectivity index (χ1v) is 8.85. The zero-order chi connectivity index (χ0) is 16.9. The van der Waals surface area contributed by atoms with Gasteiger partial charge in [-0.25, -0.2) is 13.2 Å². The molecule has 122 valence electrons. The Morgan fingerprint density at radius 2 is 2.04 bits per heavy atom. The van der Waals surface area contributed by atoms with Crippen molar-refractivity contribution in [1.29, 1.82) is 0 Å². The van der Waals surface area contributed by atoms with Crippen molar-refractivity contribution in [2.24, 2.45) is 0 Å². The highest BCUT2D eigenvalue weighted by Crippen LogP contribution is 2.21. The number of nitrogens with one attached hydrogen (secondary N) is 1. The molecule has 0 saturated heterocycles. The van der Waals surface area contributed by atoms with Gasteiger partial charge in [-0.05, 0) is 28.7 Å². The van der Waals surface area contributed by atoms with Gasteiger partial charge in [0.15, 0.2) is 15.4 Å². The van der Waals surface area contributed by atoms with Crippen LogP contribution in [0.2, 0.25) is 0 Å². The molecule has 0 aliphatic carbocycles. The first-order chi connectivity index (χ1) is 11.4. The zero-order valence-corrected chi connectivity index (χ0v) is 13.2. The number of benzene rings is 2. The lowest BCUT2D eigenvalue weighted by Crippen LogP contribution is -2.28. The van der Waals surface area contributed by atoms with E-state index in [1.54, 1.807) is 18.2 Å². The summed E-state index contributed by atoms with van der Waals surface area (Å²) in [6.07, 6.45) is 0. The number of aromatic nitrogens is 1. The number of hydrogen-bond acceptors (Lipinski definition) is 6. The van der Waals surface area contributed by atoms with E-state index >= 15 is 0 Å². The minimum atomic E-state index is -3.63. The summed E-state index contributed by atoms with van der Waals surface area (Å²) >= 11 is 0. The molecule has 1 aliphatic rings. The van der Waals surface area contributed by atoms with E-state index in [0.29, 0.717) is 23.1 Å². The van der Waals surface area contributed by atoms with E-state index in [2.05, 4.69) is 4.98 Å². The predicted octanol–water partition coefficient (Wildman–Crippen LogP) is 0.313. The third-order valence-corrected chi connectivity index (χ3v) is 5.67. The summed E-state index contributed by atoms with van der Waals surface area (Å²) in [6.45, 7) is 0.312. The number of H-pyrrole nitrogens is 1. The molecular weight excluding hydrogens is 333 g/mol. The highest BCUT2D eigenvalue weighted by molar-refractivity contribution is 7.90. The molecule has 3 aromatic rings. The third kappa shape index (κ3) is 2.56. The van der Waals surface area contributed by atoms with Crippen LogP contribution in [0.3, 0.4) is 0 Å². The Balaban J connectivity index is 1.69. The Labute approximate surface area is 136 Å². The van der Waals surface area contributed by atoms with Crippen LogP contribution in [0.1, 0.15) is 11.1 Å². The van der Waals surface area contributed by atoms with Crippen molar-refractivity contribution in [3.05, 3.63) is 58.1 Å². The fraction of sp³-hybridized carbons (Fsp3) is 0.133. The van der Waals surface area contributed by atoms with Crippen LogP contribution in [0.5, 0.6) is 0 Å². The predicted molar refractivity (Wildman–Crippen MR) is 86.6 cm³/mol. The Morgan fingerprint density at radius 3 is 2.88 bits per heavy atom. The van der Waals surface area contributed by atoms with E-state index in [9.17, 15) is 18.2 Å². The molecule has 0 radical (unpaired) electrons. The van der Waals surface area contributed by atoms with E-state index < -0.39 is 22.7 Å². The van der Waals surface area contributed by atoms with Gasteiger partial charge in [0, 0.05) is 6.07 Å². The number of fused-ring (bicyclic) bond motifs is 2. The van der Waals surface area contributed by atoms with Gasteiger partial charge in [0.25, 0.3) is 0 Å². The van der Waals surface area contributed by atoms with Gasteiger partial charge in [0.1, 0.15) is 0 Å². The Bertz CT molecular complexity index is 1100. The minimum Gasteiger partial charge on any atom is -0.423 e. The van der Waals surface area contributed by atoms with Gasteiger partial charge >= 0.3 is 12.9 Å². The fourth-order valence-electron chi connectivity index (χ4n) is 2.78. The molecule has 1 aliphatic heterocycles. The summed E-state index contributed by atoms with van der Waals surface area (Å²) in [5.74, 6) is -0.861. The molecular formula is C15H12BNO6S. The van der Waals surface area contributed by atoms with Crippen molar-refractivity contribution < 1.29 is 22.5 Å². The molecule has 0 atom stereocenters. The topological polar surface area (TPSA) is 110 Å². The van der Waals surface area contributed by atoms with Crippen molar-refractivity contribution >= 4 is 33.5 Å². The molecule has 0 unspecified atom stereocenters. The molecule has 9 heteroatoms. The normalized spacial score (nSPS) is 14.3. The lowest BCUT2D eigenvalue weighted by atomic mass is 9.79. The van der Waals surface area contributed by atoms with Crippen molar-refractivity contribution in [3.8, 4) is 0 Å². The fourth-order valence-corrected chi connectivity index (χ4v) is 4.12. The average molecular weight is 345 g/mol. The van der Waals surface area contributed by atoms with Crippen LogP contribution in [-0.2, 0) is 26.9 Å². The van der Waals surface area contributed by atoms with E-state index in [-0.39, 0.29) is 16.2 Å². The first-order valence-electron chi connectivity index (χ1n) is 7.19. The maximum absolute atomic E-state index is 12.6. The largest absolute Gasteiger partial charge is 0.491 e. The third-order valence-electron chi connectivity index (χ3n) is 3.98. The lowest BCUT2D eigenvalue weighted by Gasteiger charge is -2.07. The smallest absolute Gasteiger partial charge is 0.423 e. The molecule has 24 heavy (non-hydrogen) atoms. The van der Waals surface area contributed by atoms with Crippen LogP contribution < -0.4 is 11.2 Å². The monoisotopic (exact) mass is 345 g/mol. The number of aromatic amines is 1. The van der Waals surface area contributed by atoms with Crippen LogP contribution in [-0.4, -0.2) is 25.5 Å². The van der Waals surface area contributed by atoms with E-state index in [1.807, 2.05) is 0 Å². The van der Waals surface area contributed by atoms with Gasteiger partial charge in [-0.1, -0.05) is 18.2 Å². The first kappa shape index (κ1) is 15.2. The van der Waals surface area contributed by atoms with E-state index in [1.165, 1.54) is 18.2 Å². The van der Waals surface area contributed by atoms with Crippen LogP contribution in [0.15, 0.2) is 50.5 Å². The molecule has 0 fully saturated rings. The van der Waals surface area contributed by atoms with Crippen molar-refractivity contribution in [3.63, 3.8) is 0 Å². The Kier molecular flexibility index (Phi) is 3.38. The molecule has 2 N–H and O–H groups in total. The van der Waals surface area contributed by atoms with Crippen molar-refractivity contribution in [2.75, 3.05) is 0 Å². The van der Waals surface area contributed by atoms with Crippen molar-refractivity contribution in [2.45, 2.75) is 17.3 Å². The minimum absolute atomic E-state index is 0.0649. The molecule has 7 nitrogen and oxygen atoms in total. The molecule has 1 aromatic heterocycles. The van der Waals surface area contributed by atoms with Gasteiger partial charge in [-0.15, -0.1) is 0 Å². The van der Waals surface area contributed by atoms with Gasteiger partial charge in [-0.3, -0.25) is 4.98 Å². The van der Waals surface area contributed by atoms with Crippen LogP contribution >= 0.6 is 0 Å². The quantitative estimate of drug-likeness (QED) is 0.662. The van der Waals surface area contributed by atoms with Crippen LogP contribution in [0.25, 0.3) is 11.1 Å². The molecule has 0 amide bonds. The summed E-state index contributed by atoms with van der Waals surface area (Å²) in [4.78, 5) is 13.7. The maximum Gasteiger partial charge on any atom is 0.491 e. The second kappa shape index (κ2) is 5.33. The SMILES string of the molecule is O=c1[nH]c2ccc(S(=O)(=O)Cc3ccc4c(c3)B(O)OC4)cc2o1. The Morgan fingerprint density at radius 1 is 1.21 bits per heavy atom. The van der Waals surface area contributed by atoms with Crippen LogP contribution in [0, 0.1) is 0 Å². The van der Waals surface area contributed by atoms with Gasteiger partial charge in [0.2, 0.25) is 0 Å². The molecule has 2 aromatic carbocycles. The highest BCUT2D eigenvalue weighted by Gasteiger charge is 2.28. The van der Waals surface area contributed by atoms with Gasteiger partial charge < -0.3 is 14.1 Å². The van der Waals surface area contributed by atoms with Crippen molar-refractivity contribution in [1.82, 2.24) is 4.98 Å². The second-order valence-corrected chi connectivity index (χ2v) is 7.62. The van der Waals surface area contributed by atoms with Crippen LogP contribution in [0.4, 0.5) is 0 Å². The zero-order valence-electron chi connectivity index (χ0n) is 12.4. The number of rotatable bonds is 3. The summed E-state index contributed by atoms with van der Waals surface area (Å²) in [5.41, 5.74) is 2.62. The van der Waals surface area contributed by atoms with Gasteiger partial charge in [0.05, 0.1) is 22.8 Å². The lowest BCUT2D eigenvalue weighted by molar-refractivity contribution is 0.275. The Hall–Kier alpha value is -2.36. The van der Waals surface area contributed by atoms with Gasteiger partial charge in [-0.2, -0.15) is 0 Å². The average Bonchev–Trinajstić information content (AvgIpc) is 3.08. The summed E-state index contributed by atoms with van der Waals surface area (Å²) in [7, 11) is -4.65. The molecule has 4 rings (SSSR count). The van der Waals surface area contributed by atoms with E-state index in [4.69, 9.17) is 9.07 Å². The summed E-state index contributed by atoms with van der Waals surface area (Å²) in [6, 6.07) is 9.34. The highest BCUT2D eigenvalue weighted by atomic mass is 32.2. The molecule has 0 saturated carbocycles. The summed E-state index contributed by atoms with van der Waals surface area (Å²) < 4.78 is 35.2. The summed E-state index contributed by atoms with van der Waals surface area (Å²) in [5, 5.41) is 9.72. The molecule has 2 heterocycles. The standard InChI is InChI=1S/C15H12BNO6S/c18-15-17-13-4-3-11(6-14(13)23-15)24(20,21)8-9-1-2-10-7-22-16(19)12(10)5-9/h1-6,19H,7-8H2,(H,17,18). The molecule has 0 bridgehead atoms. The van der Waals surface area contributed by atoms with E-state index in [0.717, 1.165) is 5.56 Å². The number of sulfone groups is 1. The number of hydrogen-bond donors (Lipinski definition) is 2. The number of oxazole rings is 1. The maximum atomic E-state index is 12.6. The second-order valence-electron chi connectivity index (χ2n) is 5.63.